The van der Waals surface area contributed by atoms with Crippen LogP contribution in [0.2, 0.25) is 0 Å². The molecule has 5 atom stereocenters. The molecule has 0 aliphatic carbocycles. The number of aliphatic carboxylic acids is 1. The van der Waals surface area contributed by atoms with Gasteiger partial charge in [0, 0.05) is 12.5 Å². The topological polar surface area (TPSA) is 210 Å². The van der Waals surface area contributed by atoms with Gasteiger partial charge in [-0.25, -0.2) is 14.3 Å². The molecule has 1 aliphatic heterocycles. The third kappa shape index (κ3) is 5.52. The fourth-order valence-electron chi connectivity index (χ4n) is 3.40. The average molecular weight is 461 g/mol. The summed E-state index contributed by atoms with van der Waals surface area (Å²) >= 11 is 0. The first-order chi connectivity index (χ1) is 15.6. The molecule has 0 bridgehead atoms. The molecule has 0 fully saturated rings. The molecule has 13 heteroatoms. The van der Waals surface area contributed by atoms with E-state index in [4.69, 9.17) is 15.6 Å². The number of rotatable bonds is 8. The van der Waals surface area contributed by atoms with Crippen LogP contribution in [-0.4, -0.2) is 83.7 Å². The first-order valence-electron chi connectivity index (χ1n) is 9.81. The van der Waals surface area contributed by atoms with E-state index in [0.717, 1.165) is 6.08 Å². The number of hydrogen-bond acceptors (Lipinski definition) is 9. The monoisotopic (exact) mass is 461 g/mol. The van der Waals surface area contributed by atoms with E-state index in [2.05, 4.69) is 15.6 Å². The molecule has 0 radical (unpaired) electrons. The predicted molar refractivity (Wildman–Crippen MR) is 111 cm³/mol. The van der Waals surface area contributed by atoms with Gasteiger partial charge in [0.1, 0.15) is 24.0 Å². The van der Waals surface area contributed by atoms with Crippen LogP contribution in [-0.2, 0) is 20.9 Å². The van der Waals surface area contributed by atoms with Crippen molar-refractivity contribution in [1.29, 1.82) is 0 Å². The smallest absolute Gasteiger partial charge is 0.370 e. The molecule has 0 saturated heterocycles. The first kappa shape index (κ1) is 23.8. The van der Waals surface area contributed by atoms with Crippen molar-refractivity contribution in [1.82, 2.24) is 20.3 Å². The Labute approximate surface area is 187 Å². The van der Waals surface area contributed by atoms with Gasteiger partial charge in [0.2, 0.25) is 11.7 Å². The summed E-state index contributed by atoms with van der Waals surface area (Å²) in [6, 6.07) is 3.96. The molecule has 176 valence electrons. The lowest BCUT2D eigenvalue weighted by atomic mass is 9.92. The number of nitrogens with one attached hydrogen (secondary N) is 1. The molecule has 0 unspecified atom stereocenters. The van der Waals surface area contributed by atoms with Crippen LogP contribution in [0.5, 0.6) is 0 Å². The highest BCUT2D eigenvalue weighted by Gasteiger charge is 2.42. The molecule has 2 aromatic rings. The van der Waals surface area contributed by atoms with E-state index in [0.29, 0.717) is 11.3 Å². The normalized spacial score (nSPS) is 21.9. The largest absolute Gasteiger partial charge is 0.478 e. The Morgan fingerprint density at radius 1 is 1.18 bits per heavy atom. The van der Waals surface area contributed by atoms with Crippen LogP contribution in [0.1, 0.15) is 17.3 Å². The number of nitrogens with two attached hydrogens (primary N) is 1. The molecule has 13 nitrogen and oxygen atoms in total. The first-order valence-corrected chi connectivity index (χ1v) is 9.81. The molecule has 33 heavy (non-hydrogen) atoms. The van der Waals surface area contributed by atoms with Gasteiger partial charge in [0.15, 0.2) is 0 Å². The van der Waals surface area contributed by atoms with Gasteiger partial charge in [-0.15, -0.1) is 5.10 Å². The number of hydrogen-bond donors (Lipinski definition) is 6. The molecule has 3 rings (SSSR count). The number of aliphatic hydroxyl groups is 2. The van der Waals surface area contributed by atoms with Crippen molar-refractivity contribution >= 4 is 17.8 Å². The molecular weight excluding hydrogens is 438 g/mol. The van der Waals surface area contributed by atoms with Gasteiger partial charge in [-0.05, 0) is 18.2 Å². The minimum absolute atomic E-state index is 0.110. The maximum atomic E-state index is 11.5. The number of benzene rings is 1. The average Bonchev–Trinajstić information content (AvgIpc) is 3.22. The van der Waals surface area contributed by atoms with E-state index in [9.17, 15) is 29.7 Å². The van der Waals surface area contributed by atoms with E-state index in [1.165, 1.54) is 29.9 Å². The predicted octanol–water partition coefficient (Wildman–Crippen LogP) is -1.44. The summed E-state index contributed by atoms with van der Waals surface area (Å²) in [6.07, 6.45) is -1.89. The Morgan fingerprint density at radius 3 is 2.42 bits per heavy atom. The highest BCUT2D eigenvalue weighted by molar-refractivity contribution is 5.88. The summed E-state index contributed by atoms with van der Waals surface area (Å²) in [7, 11) is 0. The standard InChI is InChI=1S/C20H23N5O8/c1-9(26)22-16-12(21)6-15(20(31)32)33-18(16)17(28)14(27)8-25-7-13(23-24-25)10-2-4-11(5-3-10)19(29)30/h2-7,12,14,16-18,27-28H,8,21H2,1H3,(H,22,26)(H,29,30)(H,31,32)/t12-,14+,16+,17+,18+/m0/s1. The van der Waals surface area contributed by atoms with Gasteiger partial charge in [0.25, 0.3) is 0 Å². The molecule has 1 aromatic heterocycles. The molecule has 1 amide bonds. The molecule has 0 spiro atoms. The Balaban J connectivity index is 1.74. The number of ether oxygens (including phenoxy) is 1. The minimum atomic E-state index is -1.64. The van der Waals surface area contributed by atoms with Crippen LogP contribution in [0.15, 0.2) is 42.3 Å². The summed E-state index contributed by atoms with van der Waals surface area (Å²) in [5.74, 6) is -3.46. The number of carboxylic acid groups (broad SMARTS) is 2. The number of nitrogens with zero attached hydrogens (tertiary/aromatic N) is 3. The van der Waals surface area contributed by atoms with Crippen LogP contribution in [0.25, 0.3) is 11.3 Å². The fourth-order valence-corrected chi connectivity index (χ4v) is 3.40. The number of carbonyl (C=O) groups is 3. The maximum absolute atomic E-state index is 11.5. The molecule has 1 aliphatic rings. The van der Waals surface area contributed by atoms with E-state index >= 15 is 0 Å². The summed E-state index contributed by atoms with van der Waals surface area (Å²) in [5, 5.41) is 49.8. The number of aromatic nitrogens is 3. The third-order valence-corrected chi connectivity index (χ3v) is 5.03. The summed E-state index contributed by atoms with van der Waals surface area (Å²) < 4.78 is 6.57. The highest BCUT2D eigenvalue weighted by Crippen LogP contribution is 2.23. The Hall–Kier alpha value is -3.81. The quantitative estimate of drug-likeness (QED) is 0.268. The minimum Gasteiger partial charge on any atom is -0.478 e. The molecule has 7 N–H and O–H groups in total. The number of amides is 1. The van der Waals surface area contributed by atoms with Gasteiger partial charge in [-0.3, -0.25) is 4.79 Å². The van der Waals surface area contributed by atoms with Crippen LogP contribution >= 0.6 is 0 Å². The van der Waals surface area contributed by atoms with Crippen LogP contribution in [0.4, 0.5) is 0 Å². The Bertz CT molecular complexity index is 1070. The van der Waals surface area contributed by atoms with Crippen molar-refractivity contribution in [2.45, 2.75) is 43.9 Å². The lowest BCUT2D eigenvalue weighted by molar-refractivity contribution is -0.145. The van der Waals surface area contributed by atoms with Crippen LogP contribution in [0, 0.1) is 0 Å². The maximum Gasteiger partial charge on any atom is 0.370 e. The summed E-state index contributed by atoms with van der Waals surface area (Å²) in [5.41, 5.74) is 7.04. The van der Waals surface area contributed by atoms with Crippen molar-refractivity contribution in [2.24, 2.45) is 5.73 Å². The van der Waals surface area contributed by atoms with Crippen LogP contribution < -0.4 is 11.1 Å². The van der Waals surface area contributed by atoms with Gasteiger partial charge in [-0.1, -0.05) is 17.3 Å². The zero-order chi connectivity index (χ0) is 24.3. The molecule has 2 heterocycles. The Morgan fingerprint density at radius 2 is 1.85 bits per heavy atom. The second kappa shape index (κ2) is 9.77. The zero-order valence-corrected chi connectivity index (χ0v) is 17.4. The van der Waals surface area contributed by atoms with Crippen LogP contribution in [0.3, 0.4) is 0 Å². The highest BCUT2D eigenvalue weighted by atomic mass is 16.5. The lowest BCUT2D eigenvalue weighted by Gasteiger charge is -2.38. The fraction of sp³-hybridized carbons (Fsp3) is 0.350. The number of carboxylic acids is 2. The molecular formula is C20H23N5O8. The van der Waals surface area contributed by atoms with E-state index in [1.54, 1.807) is 12.1 Å². The second-order valence-electron chi connectivity index (χ2n) is 7.49. The van der Waals surface area contributed by atoms with Crippen molar-refractivity contribution in [3.8, 4) is 11.3 Å². The van der Waals surface area contributed by atoms with Crippen molar-refractivity contribution in [3.63, 3.8) is 0 Å². The van der Waals surface area contributed by atoms with E-state index < -0.39 is 54.0 Å². The van der Waals surface area contributed by atoms with E-state index in [1.807, 2.05) is 0 Å². The van der Waals surface area contributed by atoms with E-state index in [-0.39, 0.29) is 12.1 Å². The molecule has 1 aromatic carbocycles. The lowest BCUT2D eigenvalue weighted by Crippen LogP contribution is -2.62. The molecule has 0 saturated carbocycles. The van der Waals surface area contributed by atoms with Gasteiger partial charge in [-0.2, -0.15) is 0 Å². The third-order valence-electron chi connectivity index (χ3n) is 5.03. The summed E-state index contributed by atoms with van der Waals surface area (Å²) in [6.45, 7) is 0.984. The summed E-state index contributed by atoms with van der Waals surface area (Å²) in [4.78, 5) is 33.8. The van der Waals surface area contributed by atoms with Gasteiger partial charge < -0.3 is 36.2 Å². The Kier molecular flexibility index (Phi) is 7.06. The number of carbonyl (C=O) groups excluding carboxylic acids is 1. The van der Waals surface area contributed by atoms with Gasteiger partial charge >= 0.3 is 11.9 Å². The SMILES string of the molecule is CC(=O)N[C@H]1[C@H]([C@H](O)[C@H](O)Cn2cc(-c3ccc(C(=O)O)cc3)nn2)OC(C(=O)O)=C[C@@H]1N. The van der Waals surface area contributed by atoms with Crippen molar-refractivity contribution in [2.75, 3.05) is 0 Å². The van der Waals surface area contributed by atoms with Crippen molar-refractivity contribution < 1.29 is 39.5 Å². The number of aliphatic hydroxyl groups excluding tert-OH is 2. The second-order valence-corrected chi connectivity index (χ2v) is 7.49. The number of aromatic carboxylic acids is 1. The van der Waals surface area contributed by atoms with Crippen molar-refractivity contribution in [3.05, 3.63) is 47.9 Å². The zero-order valence-electron chi connectivity index (χ0n) is 17.4. The van der Waals surface area contributed by atoms with Gasteiger partial charge in [0.05, 0.1) is 30.4 Å².